The van der Waals surface area contributed by atoms with Crippen molar-refractivity contribution < 1.29 is 28.6 Å². The van der Waals surface area contributed by atoms with Gasteiger partial charge in [0.05, 0.1) is 19.9 Å². The van der Waals surface area contributed by atoms with E-state index in [4.69, 9.17) is 14.2 Å². The Morgan fingerprint density at radius 2 is 1.86 bits per heavy atom. The molecule has 0 unspecified atom stereocenters. The number of benzene rings is 2. The molecule has 1 aliphatic rings. The van der Waals surface area contributed by atoms with E-state index in [1.54, 1.807) is 44.6 Å². The molecule has 0 fully saturated rings. The molecule has 2 aromatic carbocycles. The van der Waals surface area contributed by atoms with Crippen molar-refractivity contribution in [1.29, 1.82) is 0 Å². The number of amides is 2. The van der Waals surface area contributed by atoms with E-state index in [2.05, 4.69) is 10.6 Å². The van der Waals surface area contributed by atoms with Crippen LogP contribution in [0.3, 0.4) is 0 Å². The van der Waals surface area contributed by atoms with Gasteiger partial charge in [0.1, 0.15) is 5.75 Å². The minimum atomic E-state index is -0.267. The van der Waals surface area contributed by atoms with Crippen molar-refractivity contribution in [2.45, 2.75) is 19.4 Å². The number of methoxy groups -OCH3 is 2. The van der Waals surface area contributed by atoms with Gasteiger partial charge in [-0.15, -0.1) is 0 Å². The molecule has 0 saturated carbocycles. The largest absolute Gasteiger partial charge is 0.493 e. The predicted molar refractivity (Wildman–Crippen MR) is 106 cm³/mol. The van der Waals surface area contributed by atoms with E-state index < -0.39 is 0 Å². The van der Waals surface area contributed by atoms with E-state index in [9.17, 15) is 14.4 Å². The molecule has 0 radical (unpaired) electrons. The van der Waals surface area contributed by atoms with Crippen molar-refractivity contribution in [3.63, 3.8) is 0 Å². The average molecular weight is 398 g/mol. The summed E-state index contributed by atoms with van der Waals surface area (Å²) in [5.41, 5.74) is 1.74. The minimum absolute atomic E-state index is 0.0411. The number of anilines is 1. The number of ether oxygens (including phenoxy) is 3. The third-order valence-electron chi connectivity index (χ3n) is 4.45. The van der Waals surface area contributed by atoms with Crippen molar-refractivity contribution >= 4 is 23.3 Å². The molecular formula is C21H22N2O6. The van der Waals surface area contributed by atoms with Crippen molar-refractivity contribution in [2.24, 2.45) is 0 Å². The monoisotopic (exact) mass is 398 g/mol. The Morgan fingerprint density at radius 1 is 1.07 bits per heavy atom. The first-order valence-electron chi connectivity index (χ1n) is 9.07. The zero-order valence-corrected chi connectivity index (χ0v) is 16.2. The SMILES string of the molecule is COc1ccc(CNC(=O)CCC(=O)c2ccc3c(c2)NC(=O)CO3)cc1OC. The van der Waals surface area contributed by atoms with Gasteiger partial charge in [-0.25, -0.2) is 0 Å². The molecule has 1 aliphatic heterocycles. The van der Waals surface area contributed by atoms with Crippen molar-refractivity contribution in [3.05, 3.63) is 47.5 Å². The van der Waals surface area contributed by atoms with Gasteiger partial charge in [0.15, 0.2) is 23.9 Å². The van der Waals surface area contributed by atoms with Gasteiger partial charge in [-0.3, -0.25) is 14.4 Å². The van der Waals surface area contributed by atoms with Gasteiger partial charge in [0.25, 0.3) is 5.91 Å². The average Bonchev–Trinajstić information content (AvgIpc) is 2.75. The molecule has 0 aromatic heterocycles. The summed E-state index contributed by atoms with van der Waals surface area (Å²) >= 11 is 0. The Bertz CT molecular complexity index is 941. The molecule has 0 atom stereocenters. The molecule has 29 heavy (non-hydrogen) atoms. The van der Waals surface area contributed by atoms with E-state index in [0.29, 0.717) is 35.0 Å². The molecule has 3 rings (SSSR count). The number of carbonyl (C=O) groups is 3. The zero-order valence-electron chi connectivity index (χ0n) is 16.2. The standard InChI is InChI=1S/C21H22N2O6/c1-27-18-6-3-13(9-19(18)28-2)11-22-20(25)8-5-16(24)14-4-7-17-15(10-14)23-21(26)12-29-17/h3-4,6-7,9-10H,5,8,11-12H2,1-2H3,(H,22,25)(H,23,26). The second-order valence-corrected chi connectivity index (χ2v) is 6.44. The summed E-state index contributed by atoms with van der Waals surface area (Å²) in [5.74, 6) is 1.03. The van der Waals surface area contributed by atoms with E-state index in [1.165, 1.54) is 0 Å². The second kappa shape index (κ2) is 9.09. The number of carbonyl (C=O) groups excluding carboxylic acids is 3. The Labute approximate surface area is 168 Å². The number of ketones is 1. The highest BCUT2D eigenvalue weighted by atomic mass is 16.5. The fraction of sp³-hybridized carbons (Fsp3) is 0.286. The lowest BCUT2D eigenvalue weighted by atomic mass is 10.0. The summed E-state index contributed by atoms with van der Waals surface area (Å²) in [6.45, 7) is 0.274. The summed E-state index contributed by atoms with van der Waals surface area (Å²) in [6, 6.07) is 10.2. The molecule has 0 aliphatic carbocycles. The molecule has 8 nitrogen and oxygen atoms in total. The summed E-state index contributed by atoms with van der Waals surface area (Å²) < 4.78 is 15.7. The number of Topliss-reactive ketones (excluding diaryl/α,β-unsaturated/α-hetero) is 1. The van der Waals surface area contributed by atoms with E-state index >= 15 is 0 Å². The zero-order chi connectivity index (χ0) is 20.8. The Balaban J connectivity index is 1.51. The van der Waals surface area contributed by atoms with Crippen molar-refractivity contribution in [2.75, 3.05) is 26.1 Å². The highest BCUT2D eigenvalue weighted by Gasteiger charge is 2.18. The van der Waals surface area contributed by atoms with E-state index in [0.717, 1.165) is 5.56 Å². The van der Waals surface area contributed by atoms with Crippen LogP contribution in [-0.2, 0) is 16.1 Å². The van der Waals surface area contributed by atoms with Gasteiger partial charge < -0.3 is 24.8 Å². The molecule has 0 saturated heterocycles. The topological polar surface area (TPSA) is 103 Å². The van der Waals surface area contributed by atoms with Crippen LogP contribution in [0.15, 0.2) is 36.4 Å². The Morgan fingerprint density at radius 3 is 2.62 bits per heavy atom. The van der Waals surface area contributed by atoms with E-state index in [1.807, 2.05) is 6.07 Å². The third kappa shape index (κ3) is 5.04. The molecule has 2 N–H and O–H groups in total. The molecule has 0 spiro atoms. The lowest BCUT2D eigenvalue weighted by Gasteiger charge is -2.18. The highest BCUT2D eigenvalue weighted by Crippen LogP contribution is 2.29. The number of rotatable bonds is 8. The van der Waals surface area contributed by atoms with Gasteiger partial charge in [-0.05, 0) is 35.9 Å². The van der Waals surface area contributed by atoms with Crippen LogP contribution < -0.4 is 24.8 Å². The summed E-state index contributed by atoms with van der Waals surface area (Å²) in [6.07, 6.45) is 0.122. The predicted octanol–water partition coefficient (Wildman–Crippen LogP) is 2.31. The lowest BCUT2D eigenvalue weighted by Crippen LogP contribution is -2.25. The Kier molecular flexibility index (Phi) is 6.33. The fourth-order valence-corrected chi connectivity index (χ4v) is 2.91. The van der Waals surface area contributed by atoms with Gasteiger partial charge in [0, 0.05) is 24.9 Å². The van der Waals surface area contributed by atoms with Crippen LogP contribution in [0.5, 0.6) is 17.2 Å². The van der Waals surface area contributed by atoms with Crippen molar-refractivity contribution in [1.82, 2.24) is 5.32 Å². The van der Waals surface area contributed by atoms with Gasteiger partial charge in [-0.1, -0.05) is 6.07 Å². The van der Waals surface area contributed by atoms with Gasteiger partial charge >= 0.3 is 0 Å². The van der Waals surface area contributed by atoms with Crippen LogP contribution in [0.4, 0.5) is 5.69 Å². The van der Waals surface area contributed by atoms with Crippen molar-refractivity contribution in [3.8, 4) is 17.2 Å². The molecule has 1 heterocycles. The molecule has 0 bridgehead atoms. The van der Waals surface area contributed by atoms with Crippen LogP contribution in [0.2, 0.25) is 0 Å². The molecule has 8 heteroatoms. The smallest absolute Gasteiger partial charge is 0.262 e. The quantitative estimate of drug-likeness (QED) is 0.662. The maximum atomic E-state index is 12.4. The van der Waals surface area contributed by atoms with Crippen LogP contribution in [0.25, 0.3) is 0 Å². The lowest BCUT2D eigenvalue weighted by molar-refractivity contribution is -0.121. The molecule has 152 valence electrons. The first-order valence-corrected chi connectivity index (χ1v) is 9.07. The fourth-order valence-electron chi connectivity index (χ4n) is 2.91. The van der Waals surface area contributed by atoms with Crippen LogP contribution >= 0.6 is 0 Å². The number of hydrogen-bond donors (Lipinski definition) is 2. The first kappa shape index (κ1) is 20.2. The maximum absolute atomic E-state index is 12.4. The number of nitrogens with one attached hydrogen (secondary N) is 2. The highest BCUT2D eigenvalue weighted by molar-refractivity contribution is 6.01. The summed E-state index contributed by atoms with van der Waals surface area (Å²) in [4.78, 5) is 35.9. The first-order chi connectivity index (χ1) is 14.0. The van der Waals surface area contributed by atoms with Gasteiger partial charge in [-0.2, -0.15) is 0 Å². The third-order valence-corrected chi connectivity index (χ3v) is 4.45. The van der Waals surface area contributed by atoms with Crippen LogP contribution in [-0.4, -0.2) is 38.4 Å². The van der Waals surface area contributed by atoms with Crippen LogP contribution in [0, 0.1) is 0 Å². The normalized spacial score (nSPS) is 12.3. The van der Waals surface area contributed by atoms with E-state index in [-0.39, 0.29) is 37.0 Å². The van der Waals surface area contributed by atoms with Crippen LogP contribution in [0.1, 0.15) is 28.8 Å². The molecule has 2 aromatic rings. The Hall–Kier alpha value is -3.55. The number of hydrogen-bond acceptors (Lipinski definition) is 6. The summed E-state index contributed by atoms with van der Waals surface area (Å²) in [5, 5.41) is 5.45. The second-order valence-electron chi connectivity index (χ2n) is 6.44. The summed E-state index contributed by atoms with van der Waals surface area (Å²) in [7, 11) is 3.10. The van der Waals surface area contributed by atoms with Gasteiger partial charge in [0.2, 0.25) is 5.91 Å². The molecular weight excluding hydrogens is 376 g/mol. The minimum Gasteiger partial charge on any atom is -0.493 e. The molecule has 2 amide bonds. The maximum Gasteiger partial charge on any atom is 0.262 e. The number of fused-ring (bicyclic) bond motifs is 1.